The summed E-state index contributed by atoms with van der Waals surface area (Å²) in [7, 11) is 4.17. The van der Waals surface area contributed by atoms with E-state index in [1.807, 2.05) is 57.2 Å². The number of methoxy groups -OCH3 is 1. The van der Waals surface area contributed by atoms with Crippen molar-refractivity contribution in [2.75, 3.05) is 21.3 Å². The van der Waals surface area contributed by atoms with Crippen LogP contribution >= 0.6 is 0 Å². The average Bonchev–Trinajstić information content (AvgIpc) is 2.78. The van der Waals surface area contributed by atoms with Gasteiger partial charge in [-0.3, -0.25) is 0 Å². The van der Waals surface area contributed by atoms with Gasteiger partial charge in [0.05, 0.1) is 18.5 Å². The van der Waals surface area contributed by atoms with E-state index in [0.717, 1.165) is 28.0 Å². The lowest BCUT2D eigenvalue weighted by Gasteiger charge is -2.13. The molecule has 0 fully saturated rings. The highest BCUT2D eigenvalue weighted by atomic mass is 16.6. The van der Waals surface area contributed by atoms with Gasteiger partial charge in [0.1, 0.15) is 20.8 Å². The summed E-state index contributed by atoms with van der Waals surface area (Å²) in [6.07, 6.45) is 0. The average molecular weight is 425 g/mol. The van der Waals surface area contributed by atoms with Gasteiger partial charge in [0, 0.05) is 22.3 Å². The third-order valence-corrected chi connectivity index (χ3v) is 4.57. The molecule has 0 saturated heterocycles. The number of carbonyl (C=O) groups excluding carboxylic acids is 1. The van der Waals surface area contributed by atoms with Crippen molar-refractivity contribution in [2.24, 2.45) is 15.5 Å². The van der Waals surface area contributed by atoms with Gasteiger partial charge >= 0.3 is 5.97 Å². The highest BCUT2D eigenvalue weighted by Gasteiger charge is 2.20. The molecule has 8 nitrogen and oxygen atoms in total. The monoisotopic (exact) mass is 425 g/mol. The second-order valence-corrected chi connectivity index (χ2v) is 6.57. The van der Waals surface area contributed by atoms with Crippen LogP contribution in [0.1, 0.15) is 41.7 Å². The lowest BCUT2D eigenvalue weighted by atomic mass is 9.99. The molecule has 31 heavy (non-hydrogen) atoms. The molecule has 0 atom stereocenters. The normalized spacial score (nSPS) is 12.4. The Bertz CT molecular complexity index is 1010. The number of esters is 1. The van der Waals surface area contributed by atoms with Crippen molar-refractivity contribution < 1.29 is 24.0 Å². The Morgan fingerprint density at radius 1 is 0.806 bits per heavy atom. The van der Waals surface area contributed by atoms with Crippen molar-refractivity contribution in [3.8, 4) is 0 Å². The zero-order valence-electron chi connectivity index (χ0n) is 18.6. The van der Waals surface area contributed by atoms with Crippen LogP contribution < -0.4 is 0 Å². The molecular weight excluding hydrogens is 398 g/mol. The van der Waals surface area contributed by atoms with Gasteiger partial charge in [-0.2, -0.15) is 0 Å². The fourth-order valence-corrected chi connectivity index (χ4v) is 3.04. The molecule has 0 spiro atoms. The summed E-state index contributed by atoms with van der Waals surface area (Å²) >= 11 is 0. The lowest BCUT2D eigenvalue weighted by molar-refractivity contribution is -0.132. The smallest absolute Gasteiger partial charge is 0.360 e. The van der Waals surface area contributed by atoms with E-state index in [-0.39, 0.29) is 12.3 Å². The van der Waals surface area contributed by atoms with Crippen LogP contribution in [0.25, 0.3) is 0 Å². The molecule has 0 heterocycles. The third-order valence-electron chi connectivity index (χ3n) is 4.57. The second-order valence-electron chi connectivity index (χ2n) is 6.57. The van der Waals surface area contributed by atoms with Crippen LogP contribution in [0.2, 0.25) is 0 Å². The van der Waals surface area contributed by atoms with Gasteiger partial charge in [0.25, 0.3) is 0 Å². The fourth-order valence-electron chi connectivity index (χ4n) is 3.04. The van der Waals surface area contributed by atoms with Crippen LogP contribution in [-0.4, -0.2) is 44.4 Å². The van der Waals surface area contributed by atoms with E-state index < -0.39 is 5.97 Å². The molecule has 8 heteroatoms. The molecule has 0 N–H and O–H groups in total. The molecule has 2 aromatic carbocycles. The standard InChI is InChI=1S/C23H27N3O5/c1-15-10-9-13-20(22(26-30-6)23(27)28-4)21(15)14-31-25-17(3)19-12-8-7-11-18(19)16(2)24-29-5/h7-13H,14H2,1-6H3/b24-16-,25-17+,26-22+. The van der Waals surface area contributed by atoms with E-state index in [0.29, 0.717) is 11.3 Å². The topological polar surface area (TPSA) is 91.1 Å². The Kier molecular flexibility index (Phi) is 8.75. The summed E-state index contributed by atoms with van der Waals surface area (Å²) in [5, 5.41) is 12.1. The molecule has 0 aliphatic heterocycles. The van der Waals surface area contributed by atoms with Crippen molar-refractivity contribution in [3.63, 3.8) is 0 Å². The van der Waals surface area contributed by atoms with Crippen molar-refractivity contribution in [1.29, 1.82) is 0 Å². The maximum Gasteiger partial charge on any atom is 0.360 e. The van der Waals surface area contributed by atoms with Gasteiger partial charge in [-0.25, -0.2) is 4.79 Å². The number of hydrogen-bond donors (Lipinski definition) is 0. The molecule has 164 valence electrons. The molecule has 0 aliphatic carbocycles. The van der Waals surface area contributed by atoms with Crippen LogP contribution in [0, 0.1) is 6.92 Å². The van der Waals surface area contributed by atoms with E-state index in [1.54, 1.807) is 6.07 Å². The van der Waals surface area contributed by atoms with Gasteiger partial charge in [-0.05, 0) is 26.3 Å². The predicted octanol–water partition coefficient (Wildman–Crippen LogP) is 3.83. The van der Waals surface area contributed by atoms with Gasteiger partial charge in [0.2, 0.25) is 0 Å². The number of oxime groups is 3. The Morgan fingerprint density at radius 2 is 1.39 bits per heavy atom. The molecular formula is C23H27N3O5. The summed E-state index contributed by atoms with van der Waals surface area (Å²) in [5.74, 6) is -0.602. The van der Waals surface area contributed by atoms with E-state index in [4.69, 9.17) is 19.2 Å². The van der Waals surface area contributed by atoms with Crippen LogP contribution in [0.3, 0.4) is 0 Å². The zero-order valence-corrected chi connectivity index (χ0v) is 18.6. The molecule has 0 bridgehead atoms. The highest BCUT2D eigenvalue weighted by Crippen LogP contribution is 2.19. The largest absolute Gasteiger partial charge is 0.464 e. The maximum atomic E-state index is 12.2. The fraction of sp³-hybridized carbons (Fsp3) is 0.304. The summed E-state index contributed by atoms with van der Waals surface area (Å²) in [4.78, 5) is 27.5. The lowest BCUT2D eigenvalue weighted by Crippen LogP contribution is -2.20. The number of rotatable bonds is 9. The van der Waals surface area contributed by atoms with Crippen molar-refractivity contribution in [3.05, 3.63) is 70.3 Å². The number of carbonyl (C=O) groups is 1. The van der Waals surface area contributed by atoms with E-state index in [2.05, 4.69) is 15.5 Å². The van der Waals surface area contributed by atoms with Crippen LogP contribution in [-0.2, 0) is 30.7 Å². The van der Waals surface area contributed by atoms with Gasteiger partial charge in [-0.15, -0.1) is 0 Å². The Labute approximate surface area is 182 Å². The Morgan fingerprint density at radius 3 is 1.97 bits per heavy atom. The quantitative estimate of drug-likeness (QED) is 0.346. The Hall–Kier alpha value is -3.68. The number of hydrogen-bond acceptors (Lipinski definition) is 8. The van der Waals surface area contributed by atoms with E-state index >= 15 is 0 Å². The predicted molar refractivity (Wildman–Crippen MR) is 119 cm³/mol. The molecule has 2 rings (SSSR count). The first kappa shape index (κ1) is 23.6. The zero-order chi connectivity index (χ0) is 22.8. The van der Waals surface area contributed by atoms with Crippen LogP contribution in [0.5, 0.6) is 0 Å². The van der Waals surface area contributed by atoms with Crippen LogP contribution in [0.15, 0.2) is 57.9 Å². The van der Waals surface area contributed by atoms with Gasteiger partial charge < -0.3 is 19.2 Å². The second kappa shape index (κ2) is 11.5. The number of ether oxygens (including phenoxy) is 1. The first-order chi connectivity index (χ1) is 14.9. The SMILES string of the molecule is CO/N=C(/C)c1ccccc1/C(C)=N/OCc1c(C)cccc1/C(=N\OC)C(=O)OC. The Balaban J connectivity index is 2.33. The molecule has 0 aliphatic rings. The van der Waals surface area contributed by atoms with E-state index in [1.165, 1.54) is 21.3 Å². The summed E-state index contributed by atoms with van der Waals surface area (Å²) in [6.45, 7) is 5.76. The molecule has 0 amide bonds. The minimum atomic E-state index is -0.602. The highest BCUT2D eigenvalue weighted by molar-refractivity contribution is 6.43. The first-order valence-corrected chi connectivity index (χ1v) is 9.57. The molecule has 0 unspecified atom stereocenters. The van der Waals surface area contributed by atoms with Crippen molar-refractivity contribution in [1.82, 2.24) is 0 Å². The first-order valence-electron chi connectivity index (χ1n) is 9.57. The number of benzene rings is 2. The minimum absolute atomic E-state index is 0.0600. The summed E-state index contributed by atoms with van der Waals surface area (Å²) < 4.78 is 4.83. The maximum absolute atomic E-state index is 12.2. The molecule has 0 aromatic heterocycles. The van der Waals surface area contributed by atoms with Gasteiger partial charge in [0.15, 0.2) is 5.71 Å². The number of nitrogens with zero attached hydrogens (tertiary/aromatic N) is 3. The molecule has 2 aromatic rings. The van der Waals surface area contributed by atoms with E-state index in [9.17, 15) is 4.79 Å². The van der Waals surface area contributed by atoms with Crippen LogP contribution in [0.4, 0.5) is 0 Å². The minimum Gasteiger partial charge on any atom is -0.464 e. The van der Waals surface area contributed by atoms with Crippen molar-refractivity contribution in [2.45, 2.75) is 27.4 Å². The molecule has 0 saturated carbocycles. The van der Waals surface area contributed by atoms with Gasteiger partial charge in [-0.1, -0.05) is 57.9 Å². The number of aryl methyl sites for hydroxylation is 1. The summed E-state index contributed by atoms with van der Waals surface area (Å²) in [5.41, 5.74) is 5.47. The summed E-state index contributed by atoms with van der Waals surface area (Å²) in [6, 6.07) is 13.2. The molecule has 0 radical (unpaired) electrons. The van der Waals surface area contributed by atoms with Crippen molar-refractivity contribution >= 4 is 23.1 Å². The third kappa shape index (κ3) is 5.91.